The van der Waals surface area contributed by atoms with E-state index in [2.05, 4.69) is 0 Å². The molecule has 0 aliphatic carbocycles. The Balaban J connectivity index is 2.04. The Bertz CT molecular complexity index is 1170. The summed E-state index contributed by atoms with van der Waals surface area (Å²) in [6, 6.07) is 4.67. The Kier molecular flexibility index (Phi) is 5.63. The van der Waals surface area contributed by atoms with Crippen LogP contribution < -0.4 is 5.73 Å². The molecule has 1 heterocycles. The van der Waals surface area contributed by atoms with Gasteiger partial charge in [-0.2, -0.15) is 4.31 Å². The van der Waals surface area contributed by atoms with Crippen LogP contribution in [-0.4, -0.2) is 53.2 Å². The van der Waals surface area contributed by atoms with Gasteiger partial charge in [-0.1, -0.05) is 17.7 Å². The average molecular weight is 458 g/mol. The average Bonchev–Trinajstić information content (AvgIpc) is 2.97. The second-order valence-electron chi connectivity index (χ2n) is 6.73. The first-order valence-electron chi connectivity index (χ1n) is 8.49. The molecule has 9 nitrogen and oxygen atoms in total. The molecule has 160 valence electrons. The minimum atomic E-state index is -4.32. The monoisotopic (exact) mass is 457 g/mol. The van der Waals surface area contributed by atoms with Crippen LogP contribution in [0.3, 0.4) is 0 Å². The zero-order chi connectivity index (χ0) is 22.4. The molecule has 30 heavy (non-hydrogen) atoms. The van der Waals surface area contributed by atoms with E-state index in [-0.39, 0.29) is 29.2 Å². The number of primary amides is 1. The molecule has 12 heteroatoms. The van der Waals surface area contributed by atoms with Gasteiger partial charge < -0.3 is 20.8 Å². The van der Waals surface area contributed by atoms with E-state index in [1.165, 1.54) is 17.0 Å². The van der Waals surface area contributed by atoms with Crippen LogP contribution in [0.15, 0.2) is 29.2 Å². The van der Waals surface area contributed by atoms with Gasteiger partial charge in [-0.15, -0.1) is 0 Å². The highest BCUT2D eigenvalue weighted by atomic mass is 35.5. The number of carbonyl (C=O) groups is 2. The maximum atomic E-state index is 13.4. The molecule has 1 aliphatic heterocycles. The van der Waals surface area contributed by atoms with E-state index < -0.39 is 50.6 Å². The summed E-state index contributed by atoms with van der Waals surface area (Å²) in [6.45, 7) is -0.884. The highest BCUT2D eigenvalue weighted by molar-refractivity contribution is 7.89. The standard InChI is InChI=1S/C18H17ClFN3O6S/c1-22(8-15(21)25)30(28,29)14-5-13(24)17(26)16-10(14)7-23(18(16)27)6-9-2-3-12(20)11(19)4-9/h2-5,24,26H,6-8H2,1H3,(H2,21,25). The number of hydrogen-bond donors (Lipinski definition) is 3. The Labute approximate surface area is 176 Å². The molecule has 0 saturated heterocycles. The van der Waals surface area contributed by atoms with Crippen LogP contribution in [0.2, 0.25) is 5.02 Å². The fourth-order valence-electron chi connectivity index (χ4n) is 3.17. The SMILES string of the molecule is CN(CC(N)=O)S(=O)(=O)c1cc(O)c(O)c2c1CN(Cc1ccc(F)c(Cl)c1)C2=O. The van der Waals surface area contributed by atoms with E-state index in [9.17, 15) is 32.6 Å². The lowest BCUT2D eigenvalue weighted by atomic mass is 10.1. The second kappa shape index (κ2) is 7.74. The van der Waals surface area contributed by atoms with Crippen molar-refractivity contribution in [2.75, 3.05) is 13.6 Å². The van der Waals surface area contributed by atoms with Crippen LogP contribution >= 0.6 is 11.6 Å². The van der Waals surface area contributed by atoms with E-state index in [1.54, 1.807) is 0 Å². The van der Waals surface area contributed by atoms with E-state index >= 15 is 0 Å². The summed E-state index contributed by atoms with van der Waals surface area (Å²) in [6.07, 6.45) is 0. The highest BCUT2D eigenvalue weighted by Gasteiger charge is 2.38. The molecule has 0 radical (unpaired) electrons. The molecule has 0 unspecified atom stereocenters. The first kappa shape index (κ1) is 21.8. The van der Waals surface area contributed by atoms with Crippen molar-refractivity contribution in [2.24, 2.45) is 5.73 Å². The number of nitrogens with zero attached hydrogens (tertiary/aromatic N) is 2. The third kappa shape index (κ3) is 3.78. The summed E-state index contributed by atoms with van der Waals surface area (Å²) in [5.41, 5.74) is 5.12. The number of phenols is 2. The van der Waals surface area contributed by atoms with Gasteiger partial charge in [0.2, 0.25) is 15.9 Å². The van der Waals surface area contributed by atoms with Crippen molar-refractivity contribution >= 4 is 33.4 Å². The lowest BCUT2D eigenvalue weighted by Crippen LogP contribution is -2.35. The van der Waals surface area contributed by atoms with Gasteiger partial charge >= 0.3 is 0 Å². The summed E-state index contributed by atoms with van der Waals surface area (Å²) in [5.74, 6) is -3.82. The molecule has 4 N–H and O–H groups in total. The summed E-state index contributed by atoms with van der Waals surface area (Å²) in [5, 5.41) is 20.0. The van der Waals surface area contributed by atoms with Crippen LogP contribution in [0.4, 0.5) is 4.39 Å². The van der Waals surface area contributed by atoms with Crippen LogP contribution in [0.5, 0.6) is 11.5 Å². The van der Waals surface area contributed by atoms with Gasteiger partial charge in [-0.05, 0) is 17.7 Å². The van der Waals surface area contributed by atoms with Crippen LogP contribution in [0.25, 0.3) is 0 Å². The van der Waals surface area contributed by atoms with Crippen LogP contribution in [0, 0.1) is 5.82 Å². The van der Waals surface area contributed by atoms with Crippen molar-refractivity contribution in [3.8, 4) is 11.5 Å². The maximum absolute atomic E-state index is 13.4. The number of benzene rings is 2. The minimum absolute atomic E-state index is 0.0418. The summed E-state index contributed by atoms with van der Waals surface area (Å²) in [7, 11) is -3.20. The first-order valence-corrected chi connectivity index (χ1v) is 10.3. The van der Waals surface area contributed by atoms with Crippen LogP contribution in [-0.2, 0) is 27.9 Å². The molecule has 1 aliphatic rings. The van der Waals surface area contributed by atoms with E-state index in [0.717, 1.165) is 19.2 Å². The maximum Gasteiger partial charge on any atom is 0.258 e. The Hall–Kier alpha value is -2.89. The molecule has 0 bridgehead atoms. The second-order valence-corrected chi connectivity index (χ2v) is 9.15. The smallest absolute Gasteiger partial charge is 0.258 e. The molecule has 2 amide bonds. The zero-order valence-corrected chi connectivity index (χ0v) is 17.2. The molecule has 0 atom stereocenters. The highest BCUT2D eigenvalue weighted by Crippen LogP contribution is 2.42. The third-order valence-corrected chi connectivity index (χ3v) is 6.78. The largest absolute Gasteiger partial charge is 0.504 e. The van der Waals surface area contributed by atoms with Gasteiger partial charge in [-0.25, -0.2) is 12.8 Å². The summed E-state index contributed by atoms with van der Waals surface area (Å²) >= 11 is 5.76. The number of carbonyl (C=O) groups excluding carboxylic acids is 2. The Morgan fingerprint density at radius 2 is 2.00 bits per heavy atom. The van der Waals surface area contributed by atoms with Gasteiger partial charge in [0.05, 0.1) is 22.0 Å². The zero-order valence-electron chi connectivity index (χ0n) is 15.6. The first-order chi connectivity index (χ1) is 13.9. The van der Waals surface area contributed by atoms with Crippen LogP contribution in [0.1, 0.15) is 21.5 Å². The molecule has 3 rings (SSSR count). The van der Waals surface area contributed by atoms with E-state index in [4.69, 9.17) is 17.3 Å². The van der Waals surface area contributed by atoms with Crippen molar-refractivity contribution < 1.29 is 32.6 Å². The number of sulfonamides is 1. The Morgan fingerprint density at radius 1 is 1.33 bits per heavy atom. The number of aromatic hydroxyl groups is 2. The van der Waals surface area contributed by atoms with E-state index in [1.807, 2.05) is 0 Å². The molecule has 0 fully saturated rings. The predicted molar refractivity (Wildman–Crippen MR) is 104 cm³/mol. The van der Waals surface area contributed by atoms with Crippen molar-refractivity contribution in [3.63, 3.8) is 0 Å². The van der Waals surface area contributed by atoms with Crippen molar-refractivity contribution in [1.29, 1.82) is 0 Å². The number of amides is 2. The molecule has 0 aromatic heterocycles. The van der Waals surface area contributed by atoms with Gasteiger partial charge in [0.25, 0.3) is 5.91 Å². The van der Waals surface area contributed by atoms with Crippen molar-refractivity contribution in [2.45, 2.75) is 18.0 Å². The number of rotatable bonds is 6. The number of halogens is 2. The number of hydrogen-bond acceptors (Lipinski definition) is 6. The van der Waals surface area contributed by atoms with Crippen molar-refractivity contribution in [3.05, 3.63) is 51.8 Å². The lowest BCUT2D eigenvalue weighted by Gasteiger charge is -2.18. The van der Waals surface area contributed by atoms with Gasteiger partial charge in [0.15, 0.2) is 11.5 Å². The minimum Gasteiger partial charge on any atom is -0.504 e. The molecule has 2 aromatic rings. The van der Waals surface area contributed by atoms with Gasteiger partial charge in [0, 0.05) is 31.8 Å². The Morgan fingerprint density at radius 3 is 2.60 bits per heavy atom. The fourth-order valence-corrected chi connectivity index (χ4v) is 4.75. The lowest BCUT2D eigenvalue weighted by molar-refractivity contribution is -0.118. The summed E-state index contributed by atoms with van der Waals surface area (Å²) in [4.78, 5) is 24.7. The van der Waals surface area contributed by atoms with E-state index in [0.29, 0.717) is 9.87 Å². The number of nitrogens with two attached hydrogens (primary N) is 1. The topological polar surface area (TPSA) is 141 Å². The molecule has 2 aromatic carbocycles. The van der Waals surface area contributed by atoms with Gasteiger partial charge in [-0.3, -0.25) is 9.59 Å². The normalized spacial score (nSPS) is 13.7. The quantitative estimate of drug-likeness (QED) is 0.555. The number of phenolic OH excluding ortho intramolecular Hbond substituents is 2. The molecular formula is C18H17ClFN3O6S. The predicted octanol–water partition coefficient (Wildman–Crippen LogP) is 1.15. The number of fused-ring (bicyclic) bond motifs is 1. The number of likely N-dealkylation sites (N-methyl/N-ethyl adjacent to an activating group) is 1. The molecular weight excluding hydrogens is 441 g/mol. The summed E-state index contributed by atoms with van der Waals surface area (Å²) < 4.78 is 39.8. The van der Waals surface area contributed by atoms with Crippen molar-refractivity contribution in [1.82, 2.24) is 9.21 Å². The third-order valence-electron chi connectivity index (χ3n) is 4.62. The molecule has 0 spiro atoms. The van der Waals surface area contributed by atoms with Gasteiger partial charge in [0.1, 0.15) is 5.82 Å². The fraction of sp³-hybridized carbons (Fsp3) is 0.222. The molecule has 0 saturated carbocycles.